The van der Waals surface area contributed by atoms with E-state index in [1.54, 1.807) is 0 Å². The predicted octanol–water partition coefficient (Wildman–Crippen LogP) is 12.9. The summed E-state index contributed by atoms with van der Waals surface area (Å²) in [6, 6.07) is 73.0. The SMILES string of the molecule is N/C(=C\C(c1ccccc1)c1cccc(-c2ccc3sc4ccccc4c3c2-c2cccc(C(NC(N)c3ccccc3)c3ccccc3)c2)c1)c1ccccc1. The van der Waals surface area contributed by atoms with E-state index in [2.05, 4.69) is 181 Å². The van der Waals surface area contributed by atoms with Crippen LogP contribution >= 0.6 is 11.3 Å². The molecule has 0 bridgehead atoms. The summed E-state index contributed by atoms with van der Waals surface area (Å²) in [5, 5.41) is 6.32. The maximum absolute atomic E-state index is 6.86. The summed E-state index contributed by atoms with van der Waals surface area (Å²) in [7, 11) is 0. The van der Waals surface area contributed by atoms with Gasteiger partial charge >= 0.3 is 0 Å². The molecule has 0 aliphatic rings. The zero-order valence-electron chi connectivity index (χ0n) is 31.5. The average molecular weight is 754 g/mol. The molecule has 0 fully saturated rings. The Bertz CT molecular complexity index is 2790. The van der Waals surface area contributed by atoms with Gasteiger partial charge in [0.1, 0.15) is 0 Å². The van der Waals surface area contributed by atoms with Crippen LogP contribution in [0, 0.1) is 0 Å². The molecule has 276 valence electrons. The van der Waals surface area contributed by atoms with Gasteiger partial charge in [-0.2, -0.15) is 0 Å². The molecule has 3 atom stereocenters. The number of benzene rings is 8. The van der Waals surface area contributed by atoms with Gasteiger partial charge < -0.3 is 11.5 Å². The summed E-state index contributed by atoms with van der Waals surface area (Å²) >= 11 is 1.85. The van der Waals surface area contributed by atoms with E-state index < -0.39 is 0 Å². The lowest BCUT2D eigenvalue weighted by Gasteiger charge is -2.25. The molecule has 8 aromatic carbocycles. The zero-order chi connectivity index (χ0) is 38.6. The smallest absolute Gasteiger partial charge is 0.0817 e. The zero-order valence-corrected chi connectivity index (χ0v) is 32.3. The molecule has 57 heavy (non-hydrogen) atoms. The van der Waals surface area contributed by atoms with E-state index in [4.69, 9.17) is 11.5 Å². The molecule has 0 saturated carbocycles. The van der Waals surface area contributed by atoms with Crippen LogP contribution in [-0.4, -0.2) is 0 Å². The van der Waals surface area contributed by atoms with Gasteiger partial charge in [-0.3, -0.25) is 5.32 Å². The fraction of sp³-hybridized carbons (Fsp3) is 0.0566. The minimum absolute atomic E-state index is 0.0460. The summed E-state index contributed by atoms with van der Waals surface area (Å²) in [6.07, 6.45) is 1.84. The van der Waals surface area contributed by atoms with Crippen LogP contribution in [0.4, 0.5) is 0 Å². The van der Waals surface area contributed by atoms with Crippen molar-refractivity contribution in [3.8, 4) is 22.3 Å². The van der Waals surface area contributed by atoms with Gasteiger partial charge in [0, 0.05) is 31.8 Å². The van der Waals surface area contributed by atoms with Gasteiger partial charge in [0.15, 0.2) is 0 Å². The Balaban J connectivity index is 1.21. The highest BCUT2D eigenvalue weighted by molar-refractivity contribution is 7.26. The fourth-order valence-corrected chi connectivity index (χ4v) is 9.16. The van der Waals surface area contributed by atoms with Gasteiger partial charge in [0.25, 0.3) is 0 Å². The second kappa shape index (κ2) is 16.3. The lowest BCUT2D eigenvalue weighted by molar-refractivity contribution is 0.499. The predicted molar refractivity (Wildman–Crippen MR) is 242 cm³/mol. The van der Waals surface area contributed by atoms with Crippen LogP contribution in [0.5, 0.6) is 0 Å². The Kier molecular flexibility index (Phi) is 10.3. The van der Waals surface area contributed by atoms with Crippen molar-refractivity contribution < 1.29 is 0 Å². The molecule has 5 N–H and O–H groups in total. The van der Waals surface area contributed by atoms with E-state index in [1.807, 2.05) is 47.7 Å². The fourth-order valence-electron chi connectivity index (χ4n) is 8.05. The van der Waals surface area contributed by atoms with Crippen LogP contribution < -0.4 is 16.8 Å². The Morgan fingerprint density at radius 3 is 1.77 bits per heavy atom. The summed E-state index contributed by atoms with van der Waals surface area (Å²) in [6.45, 7) is 0. The number of nitrogens with one attached hydrogen (secondary N) is 1. The van der Waals surface area contributed by atoms with Gasteiger partial charge in [-0.1, -0.05) is 188 Å². The molecule has 0 radical (unpaired) electrons. The molecule has 0 spiro atoms. The Morgan fingerprint density at radius 2 is 1.05 bits per heavy atom. The van der Waals surface area contributed by atoms with Gasteiger partial charge in [-0.15, -0.1) is 11.3 Å². The quantitative estimate of drug-likeness (QED) is 0.115. The van der Waals surface area contributed by atoms with Crippen molar-refractivity contribution in [2.75, 3.05) is 0 Å². The number of thiophene rings is 1. The Morgan fingerprint density at radius 1 is 0.491 bits per heavy atom. The molecule has 3 unspecified atom stereocenters. The molecular weight excluding hydrogens is 711 g/mol. The highest BCUT2D eigenvalue weighted by atomic mass is 32.1. The van der Waals surface area contributed by atoms with Crippen LogP contribution in [-0.2, 0) is 0 Å². The van der Waals surface area contributed by atoms with Crippen LogP contribution in [0.15, 0.2) is 212 Å². The first-order valence-electron chi connectivity index (χ1n) is 19.4. The summed E-state index contributed by atoms with van der Waals surface area (Å²) in [5.74, 6) is -0.0460. The molecular formula is C53H43N3S. The molecule has 0 saturated heterocycles. The third-order valence-electron chi connectivity index (χ3n) is 10.9. The van der Waals surface area contributed by atoms with Crippen LogP contribution in [0.25, 0.3) is 48.1 Å². The molecule has 9 aromatic rings. The number of fused-ring (bicyclic) bond motifs is 3. The monoisotopic (exact) mass is 753 g/mol. The standard InChI is InChI=1S/C53H43N3S/c54-47(37-19-7-2-8-20-37)35-46(36-17-5-1-6-18-36)41-26-15-25-40(33-41)44-31-32-49-51(45-29-13-14-30-48(45)57-49)50(44)42-27-16-28-43(34-42)52(38-21-9-3-10-22-38)56-53(55)39-23-11-4-12-24-39/h1-35,46,52-53,56H,54-55H2/b47-35-. The largest absolute Gasteiger partial charge is 0.398 e. The minimum atomic E-state index is -0.356. The van der Waals surface area contributed by atoms with Crippen LogP contribution in [0.2, 0.25) is 0 Å². The highest BCUT2D eigenvalue weighted by Gasteiger charge is 2.22. The number of allylic oxidation sites excluding steroid dienone is 1. The molecule has 1 heterocycles. The Hall–Kier alpha value is -6.56. The first-order valence-corrected chi connectivity index (χ1v) is 20.3. The van der Waals surface area contributed by atoms with Crippen LogP contribution in [0.3, 0.4) is 0 Å². The lowest BCUT2D eigenvalue weighted by Crippen LogP contribution is -2.33. The highest BCUT2D eigenvalue weighted by Crippen LogP contribution is 2.46. The molecule has 0 aliphatic heterocycles. The van der Waals surface area contributed by atoms with Crippen molar-refractivity contribution in [2.24, 2.45) is 11.5 Å². The number of rotatable bonds is 11. The maximum atomic E-state index is 6.86. The van der Waals surface area contributed by atoms with E-state index >= 15 is 0 Å². The summed E-state index contributed by atoms with van der Waals surface area (Å²) < 4.78 is 2.54. The molecule has 4 heteroatoms. The van der Waals surface area contributed by atoms with E-state index in [1.165, 1.54) is 42.4 Å². The summed E-state index contributed by atoms with van der Waals surface area (Å²) in [4.78, 5) is 0. The van der Waals surface area contributed by atoms with Crippen molar-refractivity contribution in [1.82, 2.24) is 5.32 Å². The molecule has 3 nitrogen and oxygen atoms in total. The molecule has 0 amide bonds. The van der Waals surface area contributed by atoms with Crippen molar-refractivity contribution in [1.29, 1.82) is 0 Å². The van der Waals surface area contributed by atoms with Crippen molar-refractivity contribution in [2.45, 2.75) is 18.1 Å². The molecule has 1 aromatic heterocycles. The number of hydrogen-bond acceptors (Lipinski definition) is 4. The molecule has 0 aliphatic carbocycles. The third-order valence-corrected chi connectivity index (χ3v) is 12.0. The first-order chi connectivity index (χ1) is 28.1. The normalized spacial score (nSPS) is 13.4. The van der Waals surface area contributed by atoms with Crippen molar-refractivity contribution in [3.05, 3.63) is 246 Å². The number of hydrogen-bond donors (Lipinski definition) is 3. The van der Waals surface area contributed by atoms with E-state index in [-0.39, 0.29) is 18.1 Å². The number of nitrogens with two attached hydrogens (primary N) is 2. The van der Waals surface area contributed by atoms with Crippen molar-refractivity contribution >= 4 is 37.2 Å². The maximum Gasteiger partial charge on any atom is 0.0817 e. The second-order valence-electron chi connectivity index (χ2n) is 14.5. The average Bonchev–Trinajstić information content (AvgIpc) is 3.67. The van der Waals surface area contributed by atoms with Gasteiger partial charge in [0.2, 0.25) is 0 Å². The first kappa shape index (κ1) is 36.1. The minimum Gasteiger partial charge on any atom is -0.398 e. The van der Waals surface area contributed by atoms with Gasteiger partial charge in [-0.05, 0) is 79.9 Å². The molecule has 9 rings (SSSR count). The van der Waals surface area contributed by atoms with Crippen LogP contribution in [0.1, 0.15) is 51.5 Å². The van der Waals surface area contributed by atoms with Gasteiger partial charge in [-0.25, -0.2) is 0 Å². The third kappa shape index (κ3) is 7.54. The van der Waals surface area contributed by atoms with E-state index in [0.29, 0.717) is 0 Å². The van der Waals surface area contributed by atoms with E-state index in [9.17, 15) is 0 Å². The lowest BCUT2D eigenvalue weighted by atomic mass is 9.85. The Labute approximate surface area is 338 Å². The second-order valence-corrected chi connectivity index (χ2v) is 15.6. The summed E-state index contributed by atoms with van der Waals surface area (Å²) in [5.41, 5.74) is 25.9. The van der Waals surface area contributed by atoms with E-state index in [0.717, 1.165) is 39.1 Å². The topological polar surface area (TPSA) is 64.1 Å². The van der Waals surface area contributed by atoms with Crippen molar-refractivity contribution in [3.63, 3.8) is 0 Å². The van der Waals surface area contributed by atoms with Gasteiger partial charge in [0.05, 0.1) is 12.2 Å².